The smallest absolute Gasteiger partial charge is 0.163 e. The van der Waals surface area contributed by atoms with E-state index in [4.69, 9.17) is 14.5 Å². The van der Waals surface area contributed by atoms with Gasteiger partial charge in [-0.3, -0.25) is 0 Å². The third-order valence-corrected chi connectivity index (χ3v) is 4.58. The number of methoxy groups -OCH3 is 1. The lowest BCUT2D eigenvalue weighted by molar-refractivity contribution is -0.1000. The molecule has 0 unspecified atom stereocenters. The van der Waals surface area contributed by atoms with Crippen molar-refractivity contribution in [3.05, 3.63) is 16.0 Å². The van der Waals surface area contributed by atoms with E-state index in [2.05, 4.69) is 33.2 Å². The van der Waals surface area contributed by atoms with Gasteiger partial charge in [0.1, 0.15) is 11.4 Å². The molecular weight excluding hydrogens is 322 g/mol. The highest BCUT2D eigenvalue weighted by molar-refractivity contribution is 9.10. The van der Waals surface area contributed by atoms with E-state index in [1.165, 1.54) is 0 Å². The molecule has 0 saturated carbocycles. The number of aromatic nitrogens is 2. The molecule has 1 aliphatic rings. The van der Waals surface area contributed by atoms with E-state index in [-0.39, 0.29) is 0 Å². The number of anilines is 1. The van der Waals surface area contributed by atoms with Crippen molar-refractivity contribution in [3.63, 3.8) is 0 Å². The molecule has 1 aromatic heterocycles. The average Bonchev–Trinajstić information content (AvgIpc) is 2.50. The summed E-state index contributed by atoms with van der Waals surface area (Å²) in [7, 11) is 3.60. The molecule has 1 fully saturated rings. The van der Waals surface area contributed by atoms with Crippen LogP contribution in [0.5, 0.6) is 0 Å². The lowest BCUT2D eigenvalue weighted by Crippen LogP contribution is -2.37. The maximum absolute atomic E-state index is 5.79. The van der Waals surface area contributed by atoms with Gasteiger partial charge in [-0.1, -0.05) is 13.3 Å². The van der Waals surface area contributed by atoms with Gasteiger partial charge in [0, 0.05) is 40.2 Å². The summed E-state index contributed by atoms with van der Waals surface area (Å²) in [5.41, 5.74) is 0.609. The highest BCUT2D eigenvalue weighted by atomic mass is 79.9. The van der Waals surface area contributed by atoms with Crippen molar-refractivity contribution < 1.29 is 9.47 Å². The van der Waals surface area contributed by atoms with Crippen molar-refractivity contribution in [3.8, 4) is 0 Å². The fourth-order valence-corrected chi connectivity index (χ4v) is 3.06. The molecule has 2 rings (SSSR count). The second kappa shape index (κ2) is 6.83. The number of nitrogens with zero attached hydrogens (tertiary/aromatic N) is 2. The number of hydrogen-bond donors (Lipinski definition) is 1. The summed E-state index contributed by atoms with van der Waals surface area (Å²) in [6.07, 6.45) is 3.54. The van der Waals surface area contributed by atoms with Gasteiger partial charge in [0.25, 0.3) is 0 Å². The van der Waals surface area contributed by atoms with Crippen molar-refractivity contribution >= 4 is 21.7 Å². The zero-order valence-corrected chi connectivity index (χ0v) is 13.9. The third-order valence-electron chi connectivity index (χ3n) is 3.74. The molecule has 1 N–H and O–H groups in total. The molecule has 0 aromatic carbocycles. The zero-order chi connectivity index (χ0) is 14.6. The van der Waals surface area contributed by atoms with Crippen LogP contribution in [0.15, 0.2) is 4.47 Å². The molecule has 0 atom stereocenters. The van der Waals surface area contributed by atoms with Gasteiger partial charge >= 0.3 is 0 Å². The van der Waals surface area contributed by atoms with Crippen LogP contribution in [0.1, 0.15) is 37.7 Å². The average molecular weight is 344 g/mol. The Kier molecular flexibility index (Phi) is 5.35. The molecule has 1 aliphatic heterocycles. The van der Waals surface area contributed by atoms with Crippen molar-refractivity contribution in [1.82, 2.24) is 9.97 Å². The predicted octanol–water partition coefficient (Wildman–Crippen LogP) is 2.89. The van der Waals surface area contributed by atoms with E-state index in [1.807, 2.05) is 7.05 Å². The minimum absolute atomic E-state index is 0.424. The van der Waals surface area contributed by atoms with Crippen LogP contribution < -0.4 is 5.32 Å². The van der Waals surface area contributed by atoms with Crippen LogP contribution in [0.3, 0.4) is 0 Å². The van der Waals surface area contributed by atoms with Gasteiger partial charge in [-0.15, -0.1) is 0 Å². The Balaban J connectivity index is 2.46. The summed E-state index contributed by atoms with van der Waals surface area (Å²) in [6.45, 7) is 3.52. The van der Waals surface area contributed by atoms with Gasteiger partial charge in [-0.2, -0.15) is 0 Å². The quantitative estimate of drug-likeness (QED) is 0.890. The van der Waals surface area contributed by atoms with E-state index in [9.17, 15) is 0 Å². The highest BCUT2D eigenvalue weighted by Crippen LogP contribution is 2.36. The lowest BCUT2D eigenvalue weighted by Gasteiger charge is -2.34. The summed E-state index contributed by atoms with van der Waals surface area (Å²) in [4.78, 5) is 9.41. The van der Waals surface area contributed by atoms with Crippen molar-refractivity contribution in [2.24, 2.45) is 0 Å². The molecule has 112 valence electrons. The number of ether oxygens (including phenoxy) is 2. The number of halogens is 1. The Labute approximate surface area is 128 Å². The number of nitrogens with one attached hydrogen (secondary N) is 1. The summed E-state index contributed by atoms with van der Waals surface area (Å²) in [5.74, 6) is 1.58. The van der Waals surface area contributed by atoms with Crippen LogP contribution in [0.2, 0.25) is 0 Å². The Morgan fingerprint density at radius 3 is 2.60 bits per heavy atom. The molecule has 0 radical (unpaired) electrons. The van der Waals surface area contributed by atoms with E-state index < -0.39 is 5.60 Å². The predicted molar refractivity (Wildman–Crippen MR) is 82.0 cm³/mol. The molecule has 0 amide bonds. The first-order valence-electron chi connectivity index (χ1n) is 7.04. The van der Waals surface area contributed by atoms with Gasteiger partial charge in [0.05, 0.1) is 10.2 Å². The van der Waals surface area contributed by atoms with E-state index in [0.29, 0.717) is 13.2 Å². The first kappa shape index (κ1) is 15.7. The molecule has 0 aliphatic carbocycles. The fourth-order valence-electron chi connectivity index (χ4n) is 2.49. The normalized spacial score (nSPS) is 18.0. The standard InChI is InChI=1S/C14H22BrN3O2/c1-4-5-10-11(15)12(16-2)18-13(17-10)14(19-3)6-8-20-9-7-14/h4-9H2,1-3H3,(H,16,17,18). The SMILES string of the molecule is CCCc1nc(C2(OC)CCOCC2)nc(NC)c1Br. The van der Waals surface area contributed by atoms with E-state index in [1.54, 1.807) is 7.11 Å². The summed E-state index contributed by atoms with van der Waals surface area (Å²) >= 11 is 3.59. The first-order valence-corrected chi connectivity index (χ1v) is 7.83. The molecule has 0 bridgehead atoms. The van der Waals surface area contributed by atoms with Crippen molar-refractivity contribution in [2.45, 2.75) is 38.2 Å². The lowest BCUT2D eigenvalue weighted by atomic mass is 9.93. The summed E-state index contributed by atoms with van der Waals surface area (Å²) in [6, 6.07) is 0. The first-order chi connectivity index (χ1) is 9.66. The molecule has 1 saturated heterocycles. The number of hydrogen-bond acceptors (Lipinski definition) is 5. The molecule has 1 aromatic rings. The van der Waals surface area contributed by atoms with E-state index >= 15 is 0 Å². The third kappa shape index (κ3) is 2.97. The van der Waals surface area contributed by atoms with Gasteiger partial charge in [0.15, 0.2) is 5.82 Å². The van der Waals surface area contributed by atoms with Crippen LogP contribution in [0.25, 0.3) is 0 Å². The zero-order valence-electron chi connectivity index (χ0n) is 12.3. The van der Waals surface area contributed by atoms with Crippen molar-refractivity contribution in [1.29, 1.82) is 0 Å². The van der Waals surface area contributed by atoms with Gasteiger partial charge < -0.3 is 14.8 Å². The van der Waals surface area contributed by atoms with Gasteiger partial charge in [-0.25, -0.2) is 9.97 Å². The van der Waals surface area contributed by atoms with Crippen LogP contribution in [0.4, 0.5) is 5.82 Å². The summed E-state index contributed by atoms with van der Waals surface area (Å²) in [5, 5.41) is 3.13. The van der Waals surface area contributed by atoms with Crippen LogP contribution >= 0.6 is 15.9 Å². The number of aryl methyl sites for hydroxylation is 1. The van der Waals surface area contributed by atoms with Crippen molar-refractivity contribution in [2.75, 3.05) is 32.7 Å². The Morgan fingerprint density at radius 1 is 1.35 bits per heavy atom. The Bertz CT molecular complexity index is 462. The molecule has 0 spiro atoms. The molecule has 20 heavy (non-hydrogen) atoms. The fraction of sp³-hybridized carbons (Fsp3) is 0.714. The molecule has 5 nitrogen and oxygen atoms in total. The Hall–Kier alpha value is -0.720. The van der Waals surface area contributed by atoms with Gasteiger partial charge in [-0.05, 0) is 22.4 Å². The number of rotatable bonds is 5. The maximum atomic E-state index is 5.79. The molecule has 6 heteroatoms. The molecule has 2 heterocycles. The minimum Gasteiger partial charge on any atom is -0.381 e. The minimum atomic E-state index is -0.424. The highest BCUT2D eigenvalue weighted by Gasteiger charge is 2.38. The van der Waals surface area contributed by atoms with Crippen LogP contribution in [0, 0.1) is 0 Å². The van der Waals surface area contributed by atoms with Gasteiger partial charge in [0.2, 0.25) is 0 Å². The summed E-state index contributed by atoms with van der Waals surface area (Å²) < 4.78 is 12.2. The Morgan fingerprint density at radius 2 is 2.05 bits per heavy atom. The monoisotopic (exact) mass is 343 g/mol. The largest absolute Gasteiger partial charge is 0.381 e. The second-order valence-electron chi connectivity index (χ2n) is 4.97. The topological polar surface area (TPSA) is 56.3 Å². The van der Waals surface area contributed by atoms with Crippen LogP contribution in [-0.4, -0.2) is 37.3 Å². The van der Waals surface area contributed by atoms with Crippen LogP contribution in [-0.2, 0) is 21.5 Å². The maximum Gasteiger partial charge on any atom is 0.163 e. The second-order valence-corrected chi connectivity index (χ2v) is 5.76. The molecular formula is C14H22BrN3O2. The van der Waals surface area contributed by atoms with E-state index in [0.717, 1.165) is 47.5 Å².